The van der Waals surface area contributed by atoms with Gasteiger partial charge < -0.3 is 10.5 Å². The van der Waals surface area contributed by atoms with Crippen molar-refractivity contribution in [3.63, 3.8) is 0 Å². The van der Waals surface area contributed by atoms with E-state index in [0.29, 0.717) is 6.61 Å². The zero-order chi connectivity index (χ0) is 13.2. The summed E-state index contributed by atoms with van der Waals surface area (Å²) in [4.78, 5) is 0. The van der Waals surface area contributed by atoms with Gasteiger partial charge in [0.1, 0.15) is 12.4 Å². The highest BCUT2D eigenvalue weighted by Gasteiger charge is 2.22. The van der Waals surface area contributed by atoms with Crippen molar-refractivity contribution in [2.75, 3.05) is 0 Å². The van der Waals surface area contributed by atoms with Crippen molar-refractivity contribution in [3.05, 3.63) is 64.7 Å². The smallest absolute Gasteiger partial charge is 0.123 e. The van der Waals surface area contributed by atoms with Gasteiger partial charge in [0.2, 0.25) is 0 Å². The van der Waals surface area contributed by atoms with E-state index in [1.54, 1.807) is 0 Å². The molecule has 0 bridgehead atoms. The van der Waals surface area contributed by atoms with Crippen molar-refractivity contribution in [2.45, 2.75) is 32.4 Å². The second-order valence-electron chi connectivity index (χ2n) is 5.18. The van der Waals surface area contributed by atoms with E-state index in [0.717, 1.165) is 18.6 Å². The normalized spacial score (nSPS) is 17.3. The molecular formula is C17H19NO. The average molecular weight is 253 g/mol. The summed E-state index contributed by atoms with van der Waals surface area (Å²) in [7, 11) is 0. The van der Waals surface area contributed by atoms with Crippen molar-refractivity contribution in [3.8, 4) is 5.75 Å². The molecule has 2 heteroatoms. The van der Waals surface area contributed by atoms with Crippen LogP contribution in [0.1, 0.15) is 34.7 Å². The number of aryl methyl sites for hydroxylation is 1. The molecule has 0 amide bonds. The first kappa shape index (κ1) is 12.2. The Bertz CT molecular complexity index is 592. The summed E-state index contributed by atoms with van der Waals surface area (Å²) in [6, 6.07) is 14.7. The summed E-state index contributed by atoms with van der Waals surface area (Å²) in [6.07, 6.45) is 2.06. The lowest BCUT2D eigenvalue weighted by Gasteiger charge is -2.12. The van der Waals surface area contributed by atoms with Gasteiger partial charge in [-0.25, -0.2) is 0 Å². The van der Waals surface area contributed by atoms with Gasteiger partial charge in [-0.1, -0.05) is 36.4 Å². The summed E-state index contributed by atoms with van der Waals surface area (Å²) in [6.45, 7) is 2.74. The van der Waals surface area contributed by atoms with Gasteiger partial charge in [-0.15, -0.1) is 0 Å². The number of fused-ring (bicyclic) bond motifs is 1. The Kier molecular flexibility index (Phi) is 3.26. The van der Waals surface area contributed by atoms with Crippen LogP contribution in [-0.2, 0) is 13.0 Å². The van der Waals surface area contributed by atoms with Gasteiger partial charge >= 0.3 is 0 Å². The Morgan fingerprint density at radius 3 is 2.84 bits per heavy atom. The van der Waals surface area contributed by atoms with Crippen LogP contribution in [0.15, 0.2) is 42.5 Å². The van der Waals surface area contributed by atoms with E-state index in [-0.39, 0.29) is 6.04 Å². The Morgan fingerprint density at radius 2 is 2.00 bits per heavy atom. The Labute approximate surface area is 114 Å². The minimum Gasteiger partial charge on any atom is -0.489 e. The number of hydrogen-bond acceptors (Lipinski definition) is 2. The highest BCUT2D eigenvalue weighted by Crippen LogP contribution is 2.35. The van der Waals surface area contributed by atoms with Crippen LogP contribution >= 0.6 is 0 Å². The van der Waals surface area contributed by atoms with E-state index in [4.69, 9.17) is 10.5 Å². The molecule has 2 aromatic carbocycles. The highest BCUT2D eigenvalue weighted by molar-refractivity contribution is 5.45. The SMILES string of the molecule is Cc1ccccc1COc1cccc2c1CCC2N. The van der Waals surface area contributed by atoms with Crippen molar-refractivity contribution < 1.29 is 4.74 Å². The van der Waals surface area contributed by atoms with E-state index in [9.17, 15) is 0 Å². The fraction of sp³-hybridized carbons (Fsp3) is 0.294. The lowest BCUT2D eigenvalue weighted by molar-refractivity contribution is 0.302. The molecule has 0 aliphatic heterocycles. The van der Waals surface area contributed by atoms with Gasteiger partial charge in [0, 0.05) is 6.04 Å². The first-order valence-corrected chi connectivity index (χ1v) is 6.80. The van der Waals surface area contributed by atoms with E-state index in [1.165, 1.54) is 22.3 Å². The predicted octanol–water partition coefficient (Wildman–Crippen LogP) is 3.52. The number of hydrogen-bond donors (Lipinski definition) is 1. The van der Waals surface area contributed by atoms with Crippen molar-refractivity contribution >= 4 is 0 Å². The minimum absolute atomic E-state index is 0.178. The number of nitrogens with two attached hydrogens (primary N) is 1. The third-order valence-electron chi connectivity index (χ3n) is 3.92. The molecule has 1 atom stereocenters. The fourth-order valence-corrected chi connectivity index (χ4v) is 2.72. The molecule has 1 aliphatic rings. The van der Waals surface area contributed by atoms with Gasteiger partial charge in [-0.3, -0.25) is 0 Å². The maximum absolute atomic E-state index is 6.09. The number of ether oxygens (including phenoxy) is 1. The standard InChI is InChI=1S/C17H19NO/c1-12-5-2-3-6-13(12)11-19-17-8-4-7-14-15(17)9-10-16(14)18/h2-8,16H,9-11,18H2,1H3. The van der Waals surface area contributed by atoms with E-state index < -0.39 is 0 Å². The molecule has 1 aliphatic carbocycles. The Morgan fingerprint density at radius 1 is 1.16 bits per heavy atom. The largest absolute Gasteiger partial charge is 0.489 e. The quantitative estimate of drug-likeness (QED) is 0.908. The van der Waals surface area contributed by atoms with Crippen LogP contribution in [0.5, 0.6) is 5.75 Å². The van der Waals surface area contributed by atoms with Crippen LogP contribution in [0.2, 0.25) is 0 Å². The van der Waals surface area contributed by atoms with Gasteiger partial charge in [-0.05, 0) is 48.1 Å². The fourth-order valence-electron chi connectivity index (χ4n) is 2.72. The molecular weight excluding hydrogens is 234 g/mol. The molecule has 0 saturated heterocycles. The predicted molar refractivity (Wildman–Crippen MR) is 77.2 cm³/mol. The maximum Gasteiger partial charge on any atom is 0.123 e. The second kappa shape index (κ2) is 5.06. The molecule has 19 heavy (non-hydrogen) atoms. The lowest BCUT2D eigenvalue weighted by atomic mass is 10.1. The lowest BCUT2D eigenvalue weighted by Crippen LogP contribution is -2.05. The molecule has 0 radical (unpaired) electrons. The summed E-state index contributed by atoms with van der Waals surface area (Å²) in [5, 5.41) is 0. The van der Waals surface area contributed by atoms with Crippen LogP contribution < -0.4 is 10.5 Å². The van der Waals surface area contributed by atoms with Crippen molar-refractivity contribution in [1.82, 2.24) is 0 Å². The maximum atomic E-state index is 6.09. The molecule has 0 saturated carbocycles. The van der Waals surface area contributed by atoms with Crippen molar-refractivity contribution in [2.24, 2.45) is 5.73 Å². The minimum atomic E-state index is 0.178. The zero-order valence-electron chi connectivity index (χ0n) is 11.2. The van der Waals surface area contributed by atoms with Crippen LogP contribution in [0, 0.1) is 6.92 Å². The van der Waals surface area contributed by atoms with Crippen molar-refractivity contribution in [1.29, 1.82) is 0 Å². The average Bonchev–Trinajstić information content (AvgIpc) is 2.81. The Hall–Kier alpha value is -1.80. The number of rotatable bonds is 3. The van der Waals surface area contributed by atoms with Gasteiger partial charge in [0.15, 0.2) is 0 Å². The van der Waals surface area contributed by atoms with E-state index in [1.807, 2.05) is 6.07 Å². The van der Waals surface area contributed by atoms with Crippen LogP contribution in [0.25, 0.3) is 0 Å². The summed E-state index contributed by atoms with van der Waals surface area (Å²) in [5.74, 6) is 0.994. The van der Waals surface area contributed by atoms with E-state index in [2.05, 4.69) is 43.3 Å². The molecule has 2 N–H and O–H groups in total. The zero-order valence-corrected chi connectivity index (χ0v) is 11.2. The first-order chi connectivity index (χ1) is 9.25. The molecule has 0 fully saturated rings. The van der Waals surface area contributed by atoms with Crippen LogP contribution in [-0.4, -0.2) is 0 Å². The highest BCUT2D eigenvalue weighted by atomic mass is 16.5. The molecule has 98 valence electrons. The molecule has 2 aromatic rings. The van der Waals surface area contributed by atoms with Crippen LogP contribution in [0.4, 0.5) is 0 Å². The monoisotopic (exact) mass is 253 g/mol. The van der Waals surface area contributed by atoms with Gasteiger partial charge in [0.25, 0.3) is 0 Å². The molecule has 3 rings (SSSR count). The molecule has 0 spiro atoms. The molecule has 2 nitrogen and oxygen atoms in total. The van der Waals surface area contributed by atoms with Gasteiger partial charge in [-0.2, -0.15) is 0 Å². The third kappa shape index (κ3) is 2.36. The number of benzene rings is 2. The molecule has 1 unspecified atom stereocenters. The molecule has 0 aromatic heterocycles. The van der Waals surface area contributed by atoms with E-state index >= 15 is 0 Å². The van der Waals surface area contributed by atoms with Crippen LogP contribution in [0.3, 0.4) is 0 Å². The summed E-state index contributed by atoms with van der Waals surface area (Å²) in [5.41, 5.74) is 11.1. The first-order valence-electron chi connectivity index (χ1n) is 6.80. The van der Waals surface area contributed by atoms with Gasteiger partial charge in [0.05, 0.1) is 0 Å². The molecule has 0 heterocycles. The Balaban J connectivity index is 1.80. The topological polar surface area (TPSA) is 35.2 Å². The summed E-state index contributed by atoms with van der Waals surface area (Å²) < 4.78 is 6.01. The second-order valence-corrected chi connectivity index (χ2v) is 5.18. The summed E-state index contributed by atoms with van der Waals surface area (Å²) >= 11 is 0. The third-order valence-corrected chi connectivity index (χ3v) is 3.92.